The van der Waals surface area contributed by atoms with Gasteiger partial charge in [-0.05, 0) is 24.3 Å². The van der Waals surface area contributed by atoms with Crippen molar-refractivity contribution in [2.75, 3.05) is 14.2 Å². The van der Waals surface area contributed by atoms with Crippen LogP contribution in [-0.2, 0) is 16.1 Å². The molecule has 146 valence electrons. The third kappa shape index (κ3) is 3.94. The van der Waals surface area contributed by atoms with Crippen LogP contribution in [0.1, 0.15) is 16.8 Å². The topological polar surface area (TPSA) is 69.9 Å². The maximum Gasteiger partial charge on any atom is 0.307 e. The molecule has 0 unspecified atom stereocenters. The second-order valence-corrected chi connectivity index (χ2v) is 6.72. The number of benzene rings is 2. The molecule has 0 spiro atoms. The Morgan fingerprint density at radius 3 is 2.50 bits per heavy atom. The average Bonchev–Trinajstić information content (AvgIpc) is 3.01. The van der Waals surface area contributed by atoms with Crippen molar-refractivity contribution in [1.29, 1.82) is 0 Å². The van der Waals surface area contributed by atoms with Gasteiger partial charge in [-0.2, -0.15) is 4.99 Å². The Kier molecular flexibility index (Phi) is 5.84. The van der Waals surface area contributed by atoms with Crippen LogP contribution in [0.2, 0.25) is 0 Å². The summed E-state index contributed by atoms with van der Waals surface area (Å²) in [6.45, 7) is 0.172. The van der Waals surface area contributed by atoms with Crippen LogP contribution in [0.3, 0.4) is 0 Å². The number of fused-ring (bicyclic) bond motifs is 1. The van der Waals surface area contributed by atoms with Gasteiger partial charge in [-0.15, -0.1) is 0 Å². The lowest BCUT2D eigenvalue weighted by molar-refractivity contribution is -0.140. The first-order chi connectivity index (χ1) is 13.4. The number of halogens is 2. The molecule has 0 fully saturated rings. The number of methoxy groups -OCH3 is 2. The van der Waals surface area contributed by atoms with E-state index in [2.05, 4.69) is 9.73 Å². The minimum Gasteiger partial charge on any atom is -0.497 e. The zero-order valence-electron chi connectivity index (χ0n) is 15.1. The van der Waals surface area contributed by atoms with Crippen LogP contribution >= 0.6 is 11.3 Å². The summed E-state index contributed by atoms with van der Waals surface area (Å²) >= 11 is 1.16. The van der Waals surface area contributed by atoms with Crippen molar-refractivity contribution in [3.05, 3.63) is 58.4 Å². The second kappa shape index (κ2) is 8.30. The molecule has 1 amide bonds. The predicted octanol–water partition coefficient (Wildman–Crippen LogP) is 3.29. The highest BCUT2D eigenvalue weighted by Crippen LogP contribution is 2.23. The van der Waals surface area contributed by atoms with E-state index in [-0.39, 0.29) is 17.8 Å². The van der Waals surface area contributed by atoms with Crippen molar-refractivity contribution in [3.8, 4) is 5.75 Å². The SMILES string of the molecule is COC(=O)CCn1c(=NC(=O)c2c(F)cccc2F)sc2ccc(OC)cc21. The van der Waals surface area contributed by atoms with Crippen molar-refractivity contribution in [1.82, 2.24) is 4.57 Å². The molecular formula is C19H16F2N2O4S. The summed E-state index contributed by atoms with van der Waals surface area (Å²) in [6.07, 6.45) is 0.0367. The van der Waals surface area contributed by atoms with Gasteiger partial charge in [0, 0.05) is 12.6 Å². The summed E-state index contributed by atoms with van der Waals surface area (Å²) in [4.78, 5) is 28.1. The minimum absolute atomic E-state index is 0.0367. The van der Waals surface area contributed by atoms with E-state index < -0.39 is 29.1 Å². The first-order valence-electron chi connectivity index (χ1n) is 8.22. The summed E-state index contributed by atoms with van der Waals surface area (Å²) in [5, 5.41) is 0. The molecule has 0 saturated carbocycles. The molecule has 0 aliphatic heterocycles. The molecule has 0 atom stereocenters. The van der Waals surface area contributed by atoms with Crippen LogP contribution in [0.5, 0.6) is 5.75 Å². The summed E-state index contributed by atoms with van der Waals surface area (Å²) in [5.41, 5.74) is -0.0501. The van der Waals surface area contributed by atoms with Gasteiger partial charge in [0.15, 0.2) is 4.80 Å². The molecule has 2 aromatic carbocycles. The normalized spacial score (nSPS) is 11.6. The molecule has 3 aromatic rings. The lowest BCUT2D eigenvalue weighted by atomic mass is 10.2. The summed E-state index contributed by atoms with van der Waals surface area (Å²) in [7, 11) is 2.79. The molecule has 3 rings (SSSR count). The van der Waals surface area contributed by atoms with Gasteiger partial charge in [0.1, 0.15) is 22.9 Å². The van der Waals surface area contributed by atoms with Gasteiger partial charge in [0.05, 0.1) is 30.9 Å². The Labute approximate surface area is 162 Å². The summed E-state index contributed by atoms with van der Waals surface area (Å²) in [5.74, 6) is -2.88. The smallest absolute Gasteiger partial charge is 0.307 e. The Morgan fingerprint density at radius 1 is 1.14 bits per heavy atom. The van der Waals surface area contributed by atoms with Gasteiger partial charge < -0.3 is 14.0 Å². The number of ether oxygens (including phenoxy) is 2. The molecule has 0 bridgehead atoms. The average molecular weight is 406 g/mol. The quantitative estimate of drug-likeness (QED) is 0.610. The van der Waals surface area contributed by atoms with Crippen molar-refractivity contribution in [2.24, 2.45) is 4.99 Å². The fourth-order valence-corrected chi connectivity index (χ4v) is 3.66. The number of carbonyl (C=O) groups is 2. The lowest BCUT2D eigenvalue weighted by Crippen LogP contribution is -2.20. The number of aryl methyl sites for hydroxylation is 1. The van der Waals surface area contributed by atoms with Crippen LogP contribution in [-0.4, -0.2) is 30.7 Å². The molecule has 1 heterocycles. The highest BCUT2D eigenvalue weighted by atomic mass is 32.1. The first-order valence-corrected chi connectivity index (χ1v) is 9.03. The summed E-state index contributed by atoms with van der Waals surface area (Å²) < 4.78 is 40.1. The van der Waals surface area contributed by atoms with E-state index in [0.29, 0.717) is 11.3 Å². The van der Waals surface area contributed by atoms with E-state index >= 15 is 0 Å². The number of rotatable bonds is 5. The standard InChI is InChI=1S/C19H16F2N2O4S/c1-26-11-6-7-15-14(10-11)23(9-8-16(24)27-2)19(28-15)22-18(25)17-12(20)4-3-5-13(17)21/h3-7,10H,8-9H2,1-2H3. The zero-order valence-corrected chi connectivity index (χ0v) is 15.9. The number of hydrogen-bond acceptors (Lipinski definition) is 5. The number of hydrogen-bond donors (Lipinski definition) is 0. The van der Waals surface area contributed by atoms with Crippen LogP contribution in [0.25, 0.3) is 10.2 Å². The number of nitrogens with zero attached hydrogens (tertiary/aromatic N) is 2. The van der Waals surface area contributed by atoms with E-state index in [1.807, 2.05) is 0 Å². The Morgan fingerprint density at radius 2 is 1.86 bits per heavy atom. The highest BCUT2D eigenvalue weighted by molar-refractivity contribution is 7.16. The van der Waals surface area contributed by atoms with E-state index in [4.69, 9.17) is 4.74 Å². The van der Waals surface area contributed by atoms with E-state index in [1.165, 1.54) is 20.3 Å². The molecule has 0 aliphatic carbocycles. The van der Waals surface area contributed by atoms with Crippen molar-refractivity contribution in [2.45, 2.75) is 13.0 Å². The molecule has 0 radical (unpaired) electrons. The third-order valence-electron chi connectivity index (χ3n) is 4.03. The Bertz CT molecular complexity index is 1100. The zero-order chi connectivity index (χ0) is 20.3. The van der Waals surface area contributed by atoms with Gasteiger partial charge in [0.25, 0.3) is 5.91 Å². The maximum absolute atomic E-state index is 13.9. The van der Waals surface area contributed by atoms with E-state index in [1.54, 1.807) is 22.8 Å². The fraction of sp³-hybridized carbons (Fsp3) is 0.211. The number of carbonyl (C=O) groups excluding carboxylic acids is 2. The molecule has 0 aliphatic rings. The van der Waals surface area contributed by atoms with Crippen molar-refractivity contribution in [3.63, 3.8) is 0 Å². The van der Waals surface area contributed by atoms with Gasteiger partial charge >= 0.3 is 5.97 Å². The maximum atomic E-state index is 13.9. The first kappa shape index (κ1) is 19.7. The van der Waals surface area contributed by atoms with Crippen LogP contribution in [0.15, 0.2) is 41.4 Å². The van der Waals surface area contributed by atoms with Crippen LogP contribution in [0.4, 0.5) is 8.78 Å². The van der Waals surface area contributed by atoms with Crippen LogP contribution in [0, 0.1) is 11.6 Å². The fourth-order valence-electron chi connectivity index (χ4n) is 2.63. The number of esters is 1. The number of thiazole rings is 1. The van der Waals surface area contributed by atoms with Gasteiger partial charge in [0.2, 0.25) is 0 Å². The molecule has 9 heteroatoms. The monoisotopic (exact) mass is 406 g/mol. The van der Waals surface area contributed by atoms with Gasteiger partial charge in [-0.3, -0.25) is 9.59 Å². The minimum atomic E-state index is -1.04. The number of aromatic nitrogens is 1. The Balaban J connectivity index is 2.14. The van der Waals surface area contributed by atoms with E-state index in [9.17, 15) is 18.4 Å². The number of amides is 1. The third-order valence-corrected chi connectivity index (χ3v) is 5.09. The van der Waals surface area contributed by atoms with Crippen LogP contribution < -0.4 is 9.54 Å². The highest BCUT2D eigenvalue weighted by Gasteiger charge is 2.18. The molecule has 6 nitrogen and oxygen atoms in total. The molecular weight excluding hydrogens is 390 g/mol. The molecule has 0 N–H and O–H groups in total. The largest absolute Gasteiger partial charge is 0.497 e. The Hall–Kier alpha value is -3.07. The second-order valence-electron chi connectivity index (χ2n) is 5.71. The van der Waals surface area contributed by atoms with Crippen molar-refractivity contribution >= 4 is 33.4 Å². The molecule has 28 heavy (non-hydrogen) atoms. The molecule has 1 aromatic heterocycles. The molecule has 0 saturated heterocycles. The van der Waals surface area contributed by atoms with Crippen molar-refractivity contribution < 1.29 is 27.8 Å². The van der Waals surface area contributed by atoms with Gasteiger partial charge in [-0.1, -0.05) is 17.4 Å². The summed E-state index contributed by atoms with van der Waals surface area (Å²) in [6, 6.07) is 8.41. The van der Waals surface area contributed by atoms with E-state index in [0.717, 1.165) is 28.2 Å². The van der Waals surface area contributed by atoms with Gasteiger partial charge in [-0.25, -0.2) is 8.78 Å². The lowest BCUT2D eigenvalue weighted by Gasteiger charge is -2.06. The predicted molar refractivity (Wildman–Crippen MR) is 99.3 cm³/mol.